The Labute approximate surface area is 326 Å². The zero-order valence-electron chi connectivity index (χ0n) is 32.8. The van der Waals surface area contributed by atoms with E-state index in [-0.39, 0.29) is 97.9 Å². The van der Waals surface area contributed by atoms with Crippen molar-refractivity contribution in [2.45, 2.75) is 119 Å². The van der Waals surface area contributed by atoms with Crippen molar-refractivity contribution in [3.63, 3.8) is 0 Å². The van der Waals surface area contributed by atoms with E-state index in [2.05, 4.69) is 27.7 Å². The Bertz CT molecular complexity index is 2240. The number of aromatic hydroxyl groups is 3. The van der Waals surface area contributed by atoms with Crippen LogP contribution >= 0.6 is 11.6 Å². The van der Waals surface area contributed by atoms with E-state index in [4.69, 9.17) is 25.8 Å². The number of phenols is 3. The van der Waals surface area contributed by atoms with E-state index in [1.54, 1.807) is 13.8 Å². The predicted octanol–water partition coefficient (Wildman–Crippen LogP) is 8.97. The van der Waals surface area contributed by atoms with Gasteiger partial charge in [0, 0.05) is 40.2 Å². The van der Waals surface area contributed by atoms with Crippen molar-refractivity contribution in [3.8, 4) is 40.2 Å². The molecule has 55 heavy (non-hydrogen) atoms. The van der Waals surface area contributed by atoms with E-state index in [9.17, 15) is 30.0 Å². The highest BCUT2D eigenvalue weighted by Gasteiger charge is 2.67. The molecule has 2 fully saturated rings. The zero-order valence-corrected chi connectivity index (χ0v) is 33.5. The van der Waals surface area contributed by atoms with Gasteiger partial charge in [-0.05, 0) is 88.7 Å². The molecule has 2 saturated carbocycles. The number of hydrogen-bond donors (Lipinski definition) is 4. The van der Waals surface area contributed by atoms with E-state index in [0.717, 1.165) is 24.8 Å². The fraction of sp³-hybridized carbons (Fsp3) is 0.500. The first-order valence-electron chi connectivity index (χ1n) is 19.3. The van der Waals surface area contributed by atoms with Crippen LogP contribution in [0.5, 0.6) is 40.2 Å². The van der Waals surface area contributed by atoms with Crippen LogP contribution in [0.15, 0.2) is 23.8 Å². The van der Waals surface area contributed by atoms with E-state index in [1.807, 2.05) is 19.9 Å². The van der Waals surface area contributed by atoms with Crippen molar-refractivity contribution in [2.75, 3.05) is 0 Å². The molecule has 4 N–H and O–H groups in total. The van der Waals surface area contributed by atoms with Crippen LogP contribution in [-0.2, 0) is 25.9 Å². The summed E-state index contributed by atoms with van der Waals surface area (Å²) in [5.41, 5.74) is 2.90. The number of aliphatic hydroxyl groups is 1. The number of carbonyl (C=O) groups excluding carboxylic acids is 2. The number of benzene rings is 3. The van der Waals surface area contributed by atoms with Gasteiger partial charge in [-0.25, -0.2) is 4.79 Å². The third kappa shape index (κ3) is 5.23. The van der Waals surface area contributed by atoms with Gasteiger partial charge >= 0.3 is 5.97 Å². The lowest BCUT2D eigenvalue weighted by molar-refractivity contribution is -0.210. The minimum atomic E-state index is -0.749. The van der Waals surface area contributed by atoms with Gasteiger partial charge in [0.25, 0.3) is 5.91 Å². The lowest BCUT2D eigenvalue weighted by Crippen LogP contribution is -2.66. The van der Waals surface area contributed by atoms with E-state index in [0.29, 0.717) is 52.8 Å². The topological polar surface area (TPSA) is 146 Å². The molecule has 8 rings (SSSR count). The molecule has 3 heterocycles. The second kappa shape index (κ2) is 12.5. The average molecular weight is 772 g/mol. The summed E-state index contributed by atoms with van der Waals surface area (Å²) in [6, 6.07) is 2.91. The Morgan fingerprint density at radius 1 is 0.945 bits per heavy atom. The van der Waals surface area contributed by atoms with Gasteiger partial charge < -0.3 is 39.5 Å². The molecule has 2 aliphatic carbocycles. The smallest absolute Gasteiger partial charge is 0.347 e. The quantitative estimate of drug-likeness (QED) is 0.116. The average Bonchev–Trinajstić information content (AvgIpc) is 3.63. The molecule has 1 spiro atoms. The number of amides is 1. The number of fused-ring (bicyclic) bond motifs is 7. The van der Waals surface area contributed by atoms with Gasteiger partial charge in [-0.15, -0.1) is 0 Å². The first-order chi connectivity index (χ1) is 25.8. The van der Waals surface area contributed by atoms with E-state index >= 15 is 0 Å². The largest absolute Gasteiger partial charge is 0.508 e. The molecule has 0 saturated heterocycles. The molecule has 0 bridgehead atoms. The summed E-state index contributed by atoms with van der Waals surface area (Å²) >= 11 is 6.67. The van der Waals surface area contributed by atoms with Crippen molar-refractivity contribution in [1.29, 1.82) is 0 Å². The number of carbonyl (C=O) groups is 2. The van der Waals surface area contributed by atoms with E-state index < -0.39 is 17.7 Å². The molecule has 3 aromatic rings. The van der Waals surface area contributed by atoms with Crippen LogP contribution in [-0.4, -0.2) is 48.9 Å². The molecule has 3 aromatic carbocycles. The maximum Gasteiger partial charge on any atom is 0.347 e. The standard InChI is InChI=1S/C44H50ClNO9/c1-20(2)9-11-24-22(4)37-31(16-30(24)48)53-39-28(36(50)35(45)23(5)34(39)41(52)54-37)19-46-18-27-25(40(46)51)15-29(47)26-17-44(55-38(26)27)21(3)10-12-32-42(6,7)33(49)13-14-43(32,44)8/h9,15-16,21,32-33,47-50H,10-14,17-19H2,1-8H3. The van der Waals surface area contributed by atoms with Gasteiger partial charge in [-0.2, -0.15) is 0 Å². The summed E-state index contributed by atoms with van der Waals surface area (Å²) in [6.45, 7) is 15.9. The van der Waals surface area contributed by atoms with Crippen molar-refractivity contribution < 1.29 is 44.2 Å². The van der Waals surface area contributed by atoms with Crippen LogP contribution in [0.3, 0.4) is 0 Å². The molecule has 11 heteroatoms. The van der Waals surface area contributed by atoms with Crippen molar-refractivity contribution in [3.05, 3.63) is 73.3 Å². The predicted molar refractivity (Wildman–Crippen MR) is 207 cm³/mol. The molecule has 5 aliphatic rings. The summed E-state index contributed by atoms with van der Waals surface area (Å²) in [4.78, 5) is 29.6. The minimum Gasteiger partial charge on any atom is -0.508 e. The number of allylic oxidation sites excluding steroid dienone is 2. The third-order valence-electron chi connectivity index (χ3n) is 14.1. The van der Waals surface area contributed by atoms with Crippen LogP contribution in [0.4, 0.5) is 0 Å². The molecule has 3 aliphatic heterocycles. The number of aliphatic hydroxyl groups excluding tert-OH is 1. The summed E-state index contributed by atoms with van der Waals surface area (Å²) in [6.07, 6.45) is 5.79. The van der Waals surface area contributed by atoms with Crippen LogP contribution in [0.2, 0.25) is 5.02 Å². The Hall–Kier alpha value is -4.41. The second-order valence-electron chi connectivity index (χ2n) is 17.7. The molecule has 5 unspecified atom stereocenters. The van der Waals surface area contributed by atoms with Gasteiger partial charge in [-0.1, -0.05) is 50.9 Å². The lowest BCUT2D eigenvalue weighted by Gasteiger charge is -2.64. The molecule has 1 amide bonds. The first-order valence-corrected chi connectivity index (χ1v) is 19.7. The van der Waals surface area contributed by atoms with Gasteiger partial charge in [-0.3, -0.25) is 4.79 Å². The van der Waals surface area contributed by atoms with E-state index in [1.165, 1.54) is 17.0 Å². The maximum atomic E-state index is 14.2. The molecule has 0 aromatic heterocycles. The van der Waals surface area contributed by atoms with Gasteiger partial charge in [0.1, 0.15) is 34.2 Å². The fourth-order valence-electron chi connectivity index (χ4n) is 10.8. The molecular weight excluding hydrogens is 722 g/mol. The van der Waals surface area contributed by atoms with Crippen molar-refractivity contribution in [2.24, 2.45) is 22.7 Å². The monoisotopic (exact) mass is 771 g/mol. The maximum absolute atomic E-state index is 14.2. The van der Waals surface area contributed by atoms with Gasteiger partial charge in [0.05, 0.1) is 35.3 Å². The number of phenolic OH excluding ortho intramolecular Hbond substituents is 3. The Morgan fingerprint density at radius 3 is 2.38 bits per heavy atom. The van der Waals surface area contributed by atoms with Crippen molar-refractivity contribution >= 4 is 23.5 Å². The third-order valence-corrected chi connectivity index (χ3v) is 14.6. The first kappa shape index (κ1) is 37.5. The highest BCUT2D eigenvalue weighted by Crippen LogP contribution is 2.67. The van der Waals surface area contributed by atoms with Crippen molar-refractivity contribution in [1.82, 2.24) is 4.90 Å². The lowest BCUT2D eigenvalue weighted by atomic mass is 9.43. The second-order valence-corrected chi connectivity index (χ2v) is 18.0. The van der Waals surface area contributed by atoms with Crippen LogP contribution in [0.25, 0.3) is 0 Å². The highest BCUT2D eigenvalue weighted by molar-refractivity contribution is 6.33. The van der Waals surface area contributed by atoms with Crippen LogP contribution in [0.1, 0.15) is 121 Å². The molecule has 10 nitrogen and oxygen atoms in total. The fourth-order valence-corrected chi connectivity index (χ4v) is 11.0. The molecule has 0 radical (unpaired) electrons. The minimum absolute atomic E-state index is 0.00122. The molecule has 292 valence electrons. The summed E-state index contributed by atoms with van der Waals surface area (Å²) in [7, 11) is 0. The summed E-state index contributed by atoms with van der Waals surface area (Å²) in [5, 5.41) is 45.1. The molecular formula is C44H50ClNO9. The summed E-state index contributed by atoms with van der Waals surface area (Å²) < 4.78 is 19.5. The number of hydrogen-bond acceptors (Lipinski definition) is 9. The van der Waals surface area contributed by atoms with Crippen LogP contribution < -0.4 is 14.2 Å². The Kier molecular flexibility index (Phi) is 8.56. The Balaban J connectivity index is 1.17. The zero-order chi connectivity index (χ0) is 39.7. The van der Waals surface area contributed by atoms with Gasteiger partial charge in [0.2, 0.25) is 0 Å². The number of halogens is 1. The number of rotatable bonds is 4. The SMILES string of the molecule is CC(C)=CCc1c(O)cc2c(c1C)OC(=O)c1c(C)c(Cl)c(O)c(CN3Cc4c(cc(O)c5c4OC4(C5)C(C)CCC5C(C)(C)C(O)CCC54C)C3=O)c1O2. The number of nitrogens with zero attached hydrogens (tertiary/aromatic N) is 1. The molecule has 5 atom stereocenters. The summed E-state index contributed by atoms with van der Waals surface area (Å²) in [5.74, 6) is -0.452. The van der Waals surface area contributed by atoms with Crippen LogP contribution in [0, 0.1) is 36.5 Å². The number of ether oxygens (including phenoxy) is 3. The number of esters is 1. The van der Waals surface area contributed by atoms with Gasteiger partial charge in [0.15, 0.2) is 17.2 Å². The Morgan fingerprint density at radius 2 is 1.67 bits per heavy atom. The normalized spacial score (nSPS) is 27.2. The highest BCUT2D eigenvalue weighted by atomic mass is 35.5.